The summed E-state index contributed by atoms with van der Waals surface area (Å²) in [6, 6.07) is 11.7. The highest BCUT2D eigenvalue weighted by molar-refractivity contribution is 7.92. The Morgan fingerprint density at radius 2 is 1.87 bits per heavy atom. The number of hydrogen-bond donors (Lipinski definition) is 3. The van der Waals surface area contributed by atoms with Gasteiger partial charge in [-0.1, -0.05) is 24.6 Å². The molecule has 1 aromatic heterocycles. The second kappa shape index (κ2) is 10.2. The van der Waals surface area contributed by atoms with Crippen molar-refractivity contribution in [1.82, 2.24) is 4.98 Å². The molecule has 6 atom stereocenters. The summed E-state index contributed by atoms with van der Waals surface area (Å²) < 4.78 is 54.4. The molecule has 0 saturated heterocycles. The lowest BCUT2D eigenvalue weighted by Gasteiger charge is -2.45. The van der Waals surface area contributed by atoms with Gasteiger partial charge in [0.05, 0.1) is 20.9 Å². The molecule has 0 aliphatic heterocycles. The summed E-state index contributed by atoms with van der Waals surface area (Å²) in [5.41, 5.74) is -1.23. The first kappa shape index (κ1) is 27.6. The minimum atomic E-state index is -4.05. The van der Waals surface area contributed by atoms with Crippen molar-refractivity contribution in [2.45, 2.75) is 48.0 Å². The monoisotopic (exact) mass is 576 g/mol. The van der Waals surface area contributed by atoms with E-state index in [4.69, 9.17) is 11.6 Å². The number of aromatic nitrogens is 1. The van der Waals surface area contributed by atoms with Crippen molar-refractivity contribution >= 4 is 33.0 Å². The molecule has 0 spiro atoms. The molecule has 39 heavy (non-hydrogen) atoms. The highest BCUT2D eigenvalue weighted by atomic mass is 35.5. The molecule has 3 unspecified atom stereocenters. The molecule has 2 aliphatic rings. The van der Waals surface area contributed by atoms with Crippen LogP contribution in [0.5, 0.6) is 0 Å². The summed E-state index contributed by atoms with van der Waals surface area (Å²) in [4.78, 5) is 16.8. The minimum absolute atomic E-state index is 0.00171. The Kier molecular flexibility index (Phi) is 7.26. The lowest BCUT2D eigenvalue weighted by Crippen LogP contribution is -2.52. The van der Waals surface area contributed by atoms with Gasteiger partial charge >= 0.3 is 0 Å². The molecule has 11 heteroatoms. The van der Waals surface area contributed by atoms with Crippen LogP contribution in [0.4, 0.5) is 14.5 Å². The number of nitrogens with one attached hydrogen (secondary N) is 1. The van der Waals surface area contributed by atoms with Gasteiger partial charge < -0.3 is 15.5 Å². The lowest BCUT2D eigenvalue weighted by molar-refractivity contribution is -0.149. The van der Waals surface area contributed by atoms with E-state index in [0.717, 1.165) is 12.1 Å². The van der Waals surface area contributed by atoms with Crippen LogP contribution in [0.2, 0.25) is 5.02 Å². The number of fused-ring (bicyclic) bond motifs is 2. The number of aliphatic hydroxyl groups is 2. The number of anilines is 1. The summed E-state index contributed by atoms with van der Waals surface area (Å²) in [5.74, 6) is -3.97. The van der Waals surface area contributed by atoms with E-state index in [1.807, 2.05) is 6.92 Å². The highest BCUT2D eigenvalue weighted by Gasteiger charge is 2.62. The van der Waals surface area contributed by atoms with Crippen molar-refractivity contribution in [2.24, 2.45) is 17.8 Å². The molecular weight excluding hydrogens is 550 g/mol. The molecule has 0 radical (unpaired) electrons. The third kappa shape index (κ3) is 4.84. The van der Waals surface area contributed by atoms with Crippen LogP contribution in [0.1, 0.15) is 48.3 Å². The first-order valence-corrected chi connectivity index (χ1v) is 14.5. The molecule has 3 N–H and O–H groups in total. The number of amides is 1. The first-order chi connectivity index (χ1) is 18.4. The van der Waals surface area contributed by atoms with Crippen molar-refractivity contribution < 1.29 is 32.2 Å². The zero-order chi connectivity index (χ0) is 28.1. The van der Waals surface area contributed by atoms with Crippen LogP contribution < -0.4 is 5.32 Å². The van der Waals surface area contributed by atoms with Crippen LogP contribution in [0, 0.1) is 29.4 Å². The van der Waals surface area contributed by atoms with E-state index in [9.17, 15) is 32.2 Å². The van der Waals surface area contributed by atoms with Crippen LogP contribution in [-0.2, 0) is 9.84 Å². The Morgan fingerprint density at radius 1 is 1.10 bits per heavy atom. The van der Waals surface area contributed by atoms with E-state index in [1.165, 1.54) is 30.5 Å². The molecule has 1 heterocycles. The number of aliphatic hydroxyl groups excluding tert-OH is 1. The lowest BCUT2D eigenvalue weighted by atomic mass is 9.69. The zero-order valence-electron chi connectivity index (χ0n) is 20.9. The van der Waals surface area contributed by atoms with Crippen molar-refractivity contribution in [3.63, 3.8) is 0 Å². The van der Waals surface area contributed by atoms with E-state index >= 15 is 0 Å². The number of nitrogens with zero attached hydrogens (tertiary/aromatic N) is 1. The third-order valence-electron chi connectivity index (χ3n) is 8.18. The Hall–Kier alpha value is -2.92. The van der Waals surface area contributed by atoms with Crippen LogP contribution in [0.25, 0.3) is 0 Å². The van der Waals surface area contributed by atoms with Gasteiger partial charge in [0.15, 0.2) is 21.5 Å². The summed E-state index contributed by atoms with van der Waals surface area (Å²) in [6.07, 6.45) is 1.00. The quantitative estimate of drug-likeness (QED) is 0.383. The molecule has 2 aromatic carbocycles. The molecule has 5 rings (SSSR count). The SMILES string of the molecule is C[C@H]1CC2CC(S(=O)(=O)c3cc(C(=O)Nc4ccc(F)c(F)c4)ccc3Cl)CC1[C@@]2(O)[C@H](O)c1ccccn1. The van der Waals surface area contributed by atoms with Gasteiger partial charge in [-0.3, -0.25) is 9.78 Å². The van der Waals surface area contributed by atoms with Crippen LogP contribution in [0.15, 0.2) is 65.7 Å². The number of halogens is 3. The topological polar surface area (TPSA) is 117 Å². The standard InChI is InChI=1S/C28H27ClF2N2O5S/c1-15-10-17-12-19(14-20(15)28(17,36)26(34)24-4-2-3-9-32-24)39(37,38)25-11-16(5-7-21(25)29)27(35)33-18-6-8-22(30)23(31)13-18/h2-9,11,13,15,17,19-20,26,34,36H,10,12,14H2,1H3,(H,33,35)/t15-,17?,19?,20?,26+,28+/m0/s1. The maximum absolute atomic E-state index is 13.8. The number of hydrogen-bond acceptors (Lipinski definition) is 6. The molecule has 3 aromatic rings. The summed E-state index contributed by atoms with van der Waals surface area (Å²) >= 11 is 6.31. The normalized spacial score (nSPS) is 27.2. The van der Waals surface area contributed by atoms with Gasteiger partial charge in [-0.05, 0) is 79.5 Å². The molecule has 7 nitrogen and oxygen atoms in total. The minimum Gasteiger partial charge on any atom is -0.386 e. The predicted molar refractivity (Wildman–Crippen MR) is 141 cm³/mol. The van der Waals surface area contributed by atoms with Crippen molar-refractivity contribution in [3.8, 4) is 0 Å². The van der Waals surface area contributed by atoms with Crippen molar-refractivity contribution in [2.75, 3.05) is 5.32 Å². The summed E-state index contributed by atoms with van der Waals surface area (Å²) in [5, 5.41) is 24.4. The number of carbonyl (C=O) groups excluding carboxylic acids is 1. The fourth-order valence-electron chi connectivity index (χ4n) is 6.24. The fourth-order valence-corrected chi connectivity index (χ4v) is 8.61. The van der Waals surface area contributed by atoms with E-state index in [2.05, 4.69) is 10.3 Å². The number of rotatable bonds is 6. The van der Waals surface area contributed by atoms with Gasteiger partial charge in [-0.25, -0.2) is 17.2 Å². The number of carbonyl (C=O) groups is 1. The molecule has 2 bridgehead atoms. The van der Waals surface area contributed by atoms with Crippen LogP contribution in [0.3, 0.4) is 0 Å². The Balaban J connectivity index is 1.41. The second-order valence-corrected chi connectivity index (χ2v) is 13.0. The Morgan fingerprint density at radius 3 is 2.54 bits per heavy atom. The largest absolute Gasteiger partial charge is 0.386 e. The first-order valence-electron chi connectivity index (χ1n) is 12.5. The average Bonchev–Trinajstić information content (AvgIpc) is 3.03. The molecule has 2 fully saturated rings. The second-order valence-electron chi connectivity index (χ2n) is 10.4. The van der Waals surface area contributed by atoms with E-state index in [-0.39, 0.29) is 39.9 Å². The average molecular weight is 577 g/mol. The Labute approximate surface area is 229 Å². The maximum atomic E-state index is 13.8. The number of sulfone groups is 1. The van der Waals surface area contributed by atoms with E-state index < -0.39 is 56.2 Å². The van der Waals surface area contributed by atoms with Gasteiger partial charge in [0.2, 0.25) is 0 Å². The van der Waals surface area contributed by atoms with Crippen LogP contribution >= 0.6 is 11.6 Å². The number of pyridine rings is 1. The fraction of sp³-hybridized carbons (Fsp3) is 0.357. The van der Waals surface area contributed by atoms with E-state index in [0.29, 0.717) is 12.1 Å². The van der Waals surface area contributed by atoms with Gasteiger partial charge in [-0.2, -0.15) is 0 Å². The molecule has 2 aliphatic carbocycles. The number of benzene rings is 2. The maximum Gasteiger partial charge on any atom is 0.255 e. The third-order valence-corrected chi connectivity index (χ3v) is 10.8. The van der Waals surface area contributed by atoms with Crippen molar-refractivity contribution in [3.05, 3.63) is 88.7 Å². The highest BCUT2D eigenvalue weighted by Crippen LogP contribution is 2.58. The zero-order valence-corrected chi connectivity index (χ0v) is 22.5. The Bertz CT molecular complexity index is 1520. The molecule has 1 amide bonds. The van der Waals surface area contributed by atoms with Gasteiger partial charge in [0.1, 0.15) is 11.7 Å². The smallest absolute Gasteiger partial charge is 0.255 e. The van der Waals surface area contributed by atoms with Gasteiger partial charge in [0, 0.05) is 23.5 Å². The molecule has 206 valence electrons. The molecule has 2 saturated carbocycles. The predicted octanol–water partition coefficient (Wildman–Crippen LogP) is 4.94. The van der Waals surface area contributed by atoms with Crippen LogP contribution in [-0.4, -0.2) is 40.4 Å². The van der Waals surface area contributed by atoms with E-state index in [1.54, 1.807) is 18.2 Å². The van der Waals surface area contributed by atoms with Gasteiger partial charge in [-0.15, -0.1) is 0 Å². The van der Waals surface area contributed by atoms with Crippen molar-refractivity contribution in [1.29, 1.82) is 0 Å². The summed E-state index contributed by atoms with van der Waals surface area (Å²) in [7, 11) is -4.05. The summed E-state index contributed by atoms with van der Waals surface area (Å²) in [6.45, 7) is 1.94. The molecular formula is C28H27ClF2N2O5S. The van der Waals surface area contributed by atoms with Gasteiger partial charge in [0.25, 0.3) is 5.91 Å².